The van der Waals surface area contributed by atoms with Gasteiger partial charge >= 0.3 is 0 Å². The van der Waals surface area contributed by atoms with E-state index in [1.165, 1.54) is 11.8 Å². The third-order valence-corrected chi connectivity index (χ3v) is 4.63. The predicted molar refractivity (Wildman–Crippen MR) is 78.4 cm³/mol. The molecule has 0 radical (unpaired) electrons. The van der Waals surface area contributed by atoms with Gasteiger partial charge in [0.25, 0.3) is 0 Å². The number of sulfone groups is 1. The fraction of sp³-hybridized carbons (Fsp3) is 0.429. The van der Waals surface area contributed by atoms with Crippen LogP contribution in [0.5, 0.6) is 0 Å². The first-order valence-corrected chi connectivity index (χ1v) is 8.20. The molecule has 4 nitrogen and oxygen atoms in total. The molecule has 0 saturated heterocycles. The second-order valence-corrected chi connectivity index (χ2v) is 7.12. The monoisotopic (exact) mass is 280 g/mol. The zero-order valence-electron chi connectivity index (χ0n) is 11.7. The topological polar surface area (TPSA) is 62.0 Å². The quantitative estimate of drug-likeness (QED) is 0.901. The van der Waals surface area contributed by atoms with Gasteiger partial charge in [-0.1, -0.05) is 0 Å². The van der Waals surface area contributed by atoms with Crippen molar-refractivity contribution >= 4 is 20.7 Å². The molecule has 1 atom stereocenters. The fourth-order valence-electron chi connectivity index (χ4n) is 2.26. The summed E-state index contributed by atoms with van der Waals surface area (Å²) in [5.41, 5.74) is 3.27. The van der Waals surface area contributed by atoms with Crippen molar-refractivity contribution in [2.24, 2.45) is 0 Å². The highest BCUT2D eigenvalue weighted by molar-refractivity contribution is 7.90. The summed E-state index contributed by atoms with van der Waals surface area (Å²) in [5.74, 6) is 0. The van der Waals surface area contributed by atoms with E-state index in [-0.39, 0.29) is 0 Å². The third-order valence-electron chi connectivity index (χ3n) is 3.52. The van der Waals surface area contributed by atoms with Crippen molar-refractivity contribution in [3.8, 4) is 0 Å². The molecule has 1 unspecified atom stereocenters. The predicted octanol–water partition coefficient (Wildman–Crippen LogP) is 2.03. The van der Waals surface area contributed by atoms with Gasteiger partial charge in [0, 0.05) is 28.9 Å². The van der Waals surface area contributed by atoms with Gasteiger partial charge in [0.05, 0.1) is 4.90 Å². The largest absolute Gasteiger partial charge is 0.358 e. The first-order chi connectivity index (χ1) is 8.82. The Kier molecular flexibility index (Phi) is 3.69. The zero-order chi connectivity index (χ0) is 14.2. The molecule has 0 spiro atoms. The number of H-pyrrole nitrogens is 1. The van der Waals surface area contributed by atoms with Gasteiger partial charge in [-0.15, -0.1) is 0 Å². The highest BCUT2D eigenvalue weighted by Crippen LogP contribution is 2.26. The van der Waals surface area contributed by atoms with Gasteiger partial charge in [-0.2, -0.15) is 0 Å². The summed E-state index contributed by atoms with van der Waals surface area (Å²) in [6, 6.07) is 5.61. The van der Waals surface area contributed by atoms with Gasteiger partial charge in [0.2, 0.25) is 0 Å². The van der Waals surface area contributed by atoms with Crippen molar-refractivity contribution < 1.29 is 8.42 Å². The summed E-state index contributed by atoms with van der Waals surface area (Å²) in [5, 5.41) is 4.21. The normalized spacial score (nSPS) is 13.9. The number of benzene rings is 1. The molecule has 0 fully saturated rings. The van der Waals surface area contributed by atoms with Crippen LogP contribution in [0.3, 0.4) is 0 Å². The van der Waals surface area contributed by atoms with Crippen LogP contribution in [0.15, 0.2) is 23.1 Å². The summed E-state index contributed by atoms with van der Waals surface area (Å²) >= 11 is 0. The Labute approximate surface area is 114 Å². The van der Waals surface area contributed by atoms with Crippen molar-refractivity contribution in [3.05, 3.63) is 29.5 Å². The average molecular weight is 280 g/mol. The van der Waals surface area contributed by atoms with E-state index in [2.05, 4.69) is 17.2 Å². The molecule has 0 aliphatic carbocycles. The van der Waals surface area contributed by atoms with E-state index < -0.39 is 9.84 Å². The number of aromatic amines is 1. The maximum atomic E-state index is 11.7. The number of fused-ring (bicyclic) bond motifs is 1. The molecule has 19 heavy (non-hydrogen) atoms. The van der Waals surface area contributed by atoms with Crippen LogP contribution in [-0.4, -0.2) is 32.7 Å². The van der Waals surface area contributed by atoms with Crippen LogP contribution in [0.25, 0.3) is 10.9 Å². The average Bonchev–Trinajstić information content (AvgIpc) is 2.64. The van der Waals surface area contributed by atoms with Crippen molar-refractivity contribution in [2.75, 3.05) is 13.3 Å². The Hall–Kier alpha value is -1.33. The minimum Gasteiger partial charge on any atom is -0.358 e. The number of rotatable bonds is 4. The third kappa shape index (κ3) is 2.82. The van der Waals surface area contributed by atoms with Gasteiger partial charge in [-0.05, 0) is 51.1 Å². The molecule has 2 N–H and O–H groups in total. The van der Waals surface area contributed by atoms with Crippen LogP contribution < -0.4 is 5.32 Å². The Morgan fingerprint density at radius 3 is 2.63 bits per heavy atom. The summed E-state index contributed by atoms with van der Waals surface area (Å²) < 4.78 is 23.3. The maximum absolute atomic E-state index is 11.7. The standard InChI is InChI=1S/C14H20N2O2S/c1-9(15-3)7-12-10(2)16-14-6-5-11(8-13(12)14)19(4,17)18/h5-6,8-9,15-16H,7H2,1-4H3. The molecule has 0 amide bonds. The van der Waals surface area contributed by atoms with Crippen LogP contribution in [0.2, 0.25) is 0 Å². The second kappa shape index (κ2) is 4.98. The number of aromatic nitrogens is 1. The van der Waals surface area contributed by atoms with Gasteiger partial charge < -0.3 is 10.3 Å². The Morgan fingerprint density at radius 1 is 1.37 bits per heavy atom. The van der Waals surface area contributed by atoms with Crippen LogP contribution in [0.1, 0.15) is 18.2 Å². The van der Waals surface area contributed by atoms with E-state index in [4.69, 9.17) is 0 Å². The Morgan fingerprint density at radius 2 is 2.05 bits per heavy atom. The van der Waals surface area contributed by atoms with E-state index in [1.807, 2.05) is 20.0 Å². The number of nitrogens with one attached hydrogen (secondary N) is 2. The van der Waals surface area contributed by atoms with Gasteiger partial charge in [-0.25, -0.2) is 8.42 Å². The van der Waals surface area contributed by atoms with Crippen LogP contribution in [0.4, 0.5) is 0 Å². The maximum Gasteiger partial charge on any atom is 0.175 e. The lowest BCUT2D eigenvalue weighted by Crippen LogP contribution is -2.23. The van der Waals surface area contributed by atoms with Crippen LogP contribution in [-0.2, 0) is 16.3 Å². The summed E-state index contributed by atoms with van der Waals surface area (Å²) in [7, 11) is -1.24. The number of aryl methyl sites for hydroxylation is 1. The molecule has 1 aromatic heterocycles. The molecule has 0 aliphatic heterocycles. The molecular weight excluding hydrogens is 260 g/mol. The highest BCUT2D eigenvalue weighted by atomic mass is 32.2. The van der Waals surface area contributed by atoms with Gasteiger partial charge in [0.15, 0.2) is 9.84 Å². The lowest BCUT2D eigenvalue weighted by molar-refractivity contribution is 0.602. The lowest BCUT2D eigenvalue weighted by Gasteiger charge is -2.10. The molecule has 2 rings (SSSR count). The number of likely N-dealkylation sites (N-methyl/N-ethyl adjacent to an activating group) is 1. The highest BCUT2D eigenvalue weighted by Gasteiger charge is 2.14. The van der Waals surface area contributed by atoms with Crippen molar-refractivity contribution in [1.82, 2.24) is 10.3 Å². The van der Waals surface area contributed by atoms with E-state index in [9.17, 15) is 8.42 Å². The molecule has 2 aromatic rings. The van der Waals surface area contributed by atoms with Crippen LogP contribution >= 0.6 is 0 Å². The number of hydrogen-bond donors (Lipinski definition) is 2. The SMILES string of the molecule is CNC(C)Cc1c(C)[nH]c2ccc(S(C)(=O)=O)cc12. The van der Waals surface area contributed by atoms with Crippen molar-refractivity contribution in [3.63, 3.8) is 0 Å². The first-order valence-electron chi connectivity index (χ1n) is 6.31. The Bertz CT molecular complexity index is 702. The summed E-state index contributed by atoms with van der Waals surface area (Å²) in [4.78, 5) is 3.69. The minimum absolute atomic E-state index is 0.347. The molecule has 5 heteroatoms. The summed E-state index contributed by atoms with van der Waals surface area (Å²) in [6.45, 7) is 4.14. The molecule has 0 bridgehead atoms. The second-order valence-electron chi connectivity index (χ2n) is 5.10. The Balaban J connectivity index is 2.59. The van der Waals surface area contributed by atoms with Gasteiger partial charge in [-0.3, -0.25) is 0 Å². The van der Waals surface area contributed by atoms with E-state index >= 15 is 0 Å². The number of hydrogen-bond acceptors (Lipinski definition) is 3. The van der Waals surface area contributed by atoms with Gasteiger partial charge in [0.1, 0.15) is 0 Å². The molecule has 0 aliphatic rings. The lowest BCUT2D eigenvalue weighted by atomic mass is 10.0. The van der Waals surface area contributed by atoms with Crippen LogP contribution in [0, 0.1) is 6.92 Å². The van der Waals surface area contributed by atoms with E-state index in [0.717, 1.165) is 23.0 Å². The molecule has 1 aromatic carbocycles. The van der Waals surface area contributed by atoms with E-state index in [1.54, 1.807) is 12.1 Å². The first kappa shape index (κ1) is 14.1. The molecule has 104 valence electrons. The van der Waals surface area contributed by atoms with Crippen molar-refractivity contribution in [2.45, 2.75) is 31.2 Å². The molecular formula is C14H20N2O2S. The molecule has 1 heterocycles. The smallest absolute Gasteiger partial charge is 0.175 e. The van der Waals surface area contributed by atoms with E-state index in [0.29, 0.717) is 10.9 Å². The minimum atomic E-state index is -3.17. The van der Waals surface area contributed by atoms with Crippen molar-refractivity contribution in [1.29, 1.82) is 0 Å². The summed E-state index contributed by atoms with van der Waals surface area (Å²) in [6.07, 6.45) is 2.11. The molecule has 0 saturated carbocycles. The fourth-order valence-corrected chi connectivity index (χ4v) is 2.91. The zero-order valence-corrected chi connectivity index (χ0v) is 12.6.